The molecule has 0 aliphatic heterocycles. The minimum absolute atomic E-state index is 0.112. The van der Waals surface area contributed by atoms with Crippen molar-refractivity contribution < 1.29 is 9.90 Å². The molecule has 0 radical (unpaired) electrons. The van der Waals surface area contributed by atoms with Crippen LogP contribution in [0.1, 0.15) is 36.1 Å². The summed E-state index contributed by atoms with van der Waals surface area (Å²) in [6.07, 6.45) is 3.51. The summed E-state index contributed by atoms with van der Waals surface area (Å²) in [5.74, 6) is -0.419. The first kappa shape index (κ1) is 15.7. The standard InChI is InChI=1S/C18H23N3O2/c1-11-7-8-12(2)16(9-11)21-13(3)15(10-19-21)20-18(23)14-5-4-6-17(14)22/h7-10,14,17,22H,4-6H2,1-3H3,(H,20,23). The summed E-state index contributed by atoms with van der Waals surface area (Å²) in [5.41, 5.74) is 4.91. The van der Waals surface area contributed by atoms with Gasteiger partial charge in [-0.25, -0.2) is 4.68 Å². The van der Waals surface area contributed by atoms with Crippen LogP contribution in [-0.2, 0) is 4.79 Å². The van der Waals surface area contributed by atoms with Gasteiger partial charge < -0.3 is 10.4 Å². The number of aliphatic hydroxyl groups excluding tert-OH is 1. The fourth-order valence-electron chi connectivity index (χ4n) is 3.19. The molecule has 0 spiro atoms. The topological polar surface area (TPSA) is 67.2 Å². The third-order valence-electron chi connectivity index (χ3n) is 4.68. The van der Waals surface area contributed by atoms with E-state index in [9.17, 15) is 9.90 Å². The molecule has 3 rings (SSSR count). The highest BCUT2D eigenvalue weighted by atomic mass is 16.3. The lowest BCUT2D eigenvalue weighted by molar-refractivity contribution is -0.122. The Morgan fingerprint density at radius 2 is 2.09 bits per heavy atom. The molecule has 5 heteroatoms. The van der Waals surface area contributed by atoms with E-state index < -0.39 is 6.10 Å². The first-order chi connectivity index (χ1) is 11.0. The number of carbonyl (C=O) groups excluding carboxylic acids is 1. The van der Waals surface area contributed by atoms with Crippen LogP contribution in [0, 0.1) is 26.7 Å². The number of aliphatic hydroxyl groups is 1. The van der Waals surface area contributed by atoms with E-state index >= 15 is 0 Å². The average Bonchev–Trinajstić information content (AvgIpc) is 3.09. The van der Waals surface area contributed by atoms with Crippen LogP contribution < -0.4 is 5.32 Å². The molecule has 0 saturated heterocycles. The van der Waals surface area contributed by atoms with Crippen molar-refractivity contribution in [1.82, 2.24) is 9.78 Å². The average molecular weight is 313 g/mol. The maximum atomic E-state index is 12.3. The van der Waals surface area contributed by atoms with Crippen molar-refractivity contribution in [1.29, 1.82) is 0 Å². The summed E-state index contributed by atoms with van der Waals surface area (Å²) in [4.78, 5) is 12.3. The predicted octanol–water partition coefficient (Wildman–Crippen LogP) is 2.90. The summed E-state index contributed by atoms with van der Waals surface area (Å²) in [6, 6.07) is 6.22. The highest BCUT2D eigenvalue weighted by Gasteiger charge is 2.31. The molecule has 23 heavy (non-hydrogen) atoms. The Labute approximate surface area is 136 Å². The van der Waals surface area contributed by atoms with Crippen LogP contribution in [0.5, 0.6) is 0 Å². The summed E-state index contributed by atoms with van der Waals surface area (Å²) in [6.45, 7) is 6.03. The van der Waals surface area contributed by atoms with Crippen molar-refractivity contribution in [3.8, 4) is 5.69 Å². The Morgan fingerprint density at radius 3 is 2.78 bits per heavy atom. The van der Waals surface area contributed by atoms with Gasteiger partial charge in [-0.05, 0) is 57.2 Å². The van der Waals surface area contributed by atoms with Crippen LogP contribution in [0.25, 0.3) is 5.69 Å². The molecule has 2 N–H and O–H groups in total. The van der Waals surface area contributed by atoms with Gasteiger partial charge in [0.05, 0.1) is 35.3 Å². The highest BCUT2D eigenvalue weighted by Crippen LogP contribution is 2.28. The molecule has 1 aliphatic carbocycles. The molecular weight excluding hydrogens is 290 g/mol. The molecule has 0 bridgehead atoms. The normalized spacial score (nSPS) is 20.7. The highest BCUT2D eigenvalue weighted by molar-refractivity contribution is 5.93. The third kappa shape index (κ3) is 3.01. The molecule has 1 aliphatic rings. The number of nitrogens with zero attached hydrogens (tertiary/aromatic N) is 2. The number of hydrogen-bond acceptors (Lipinski definition) is 3. The number of nitrogens with one attached hydrogen (secondary N) is 1. The lowest BCUT2D eigenvalue weighted by atomic mass is 10.1. The van der Waals surface area contributed by atoms with E-state index in [1.807, 2.05) is 25.5 Å². The number of aromatic nitrogens is 2. The van der Waals surface area contributed by atoms with Gasteiger partial charge in [-0.2, -0.15) is 5.10 Å². The smallest absolute Gasteiger partial charge is 0.230 e. The number of aryl methyl sites for hydroxylation is 2. The minimum atomic E-state index is -0.524. The number of benzene rings is 1. The maximum absolute atomic E-state index is 12.3. The van der Waals surface area contributed by atoms with Crippen molar-refractivity contribution in [3.63, 3.8) is 0 Å². The fourth-order valence-corrected chi connectivity index (χ4v) is 3.19. The van der Waals surface area contributed by atoms with Gasteiger partial charge in [-0.15, -0.1) is 0 Å². The molecule has 1 aromatic carbocycles. The van der Waals surface area contributed by atoms with Crippen molar-refractivity contribution >= 4 is 11.6 Å². The van der Waals surface area contributed by atoms with Crippen molar-refractivity contribution in [2.45, 2.75) is 46.1 Å². The molecule has 1 saturated carbocycles. The quantitative estimate of drug-likeness (QED) is 0.915. The number of hydrogen-bond donors (Lipinski definition) is 2. The van der Waals surface area contributed by atoms with Crippen LogP contribution in [0.2, 0.25) is 0 Å². The van der Waals surface area contributed by atoms with Crippen molar-refractivity contribution in [3.05, 3.63) is 41.2 Å². The van der Waals surface area contributed by atoms with E-state index in [1.54, 1.807) is 6.20 Å². The number of anilines is 1. The Morgan fingerprint density at radius 1 is 1.30 bits per heavy atom. The molecule has 2 atom stereocenters. The van der Waals surface area contributed by atoms with Gasteiger partial charge in [0.1, 0.15) is 0 Å². The zero-order chi connectivity index (χ0) is 16.6. The van der Waals surface area contributed by atoms with Gasteiger partial charge in [0.15, 0.2) is 0 Å². The minimum Gasteiger partial charge on any atom is -0.392 e. The van der Waals surface area contributed by atoms with Gasteiger partial charge >= 0.3 is 0 Å². The molecule has 5 nitrogen and oxygen atoms in total. The van der Waals surface area contributed by atoms with Crippen molar-refractivity contribution in [2.75, 3.05) is 5.32 Å². The Balaban J connectivity index is 1.85. The van der Waals surface area contributed by atoms with Gasteiger partial charge in [0.25, 0.3) is 0 Å². The lowest BCUT2D eigenvalue weighted by Crippen LogP contribution is -2.28. The second-order valence-electron chi connectivity index (χ2n) is 6.44. The number of carbonyl (C=O) groups is 1. The zero-order valence-corrected chi connectivity index (χ0v) is 13.8. The molecule has 1 fully saturated rings. The van der Waals surface area contributed by atoms with E-state index in [4.69, 9.17) is 0 Å². The molecule has 1 heterocycles. The van der Waals surface area contributed by atoms with Crippen LogP contribution in [0.3, 0.4) is 0 Å². The van der Waals surface area contributed by atoms with E-state index in [-0.39, 0.29) is 11.8 Å². The molecule has 1 amide bonds. The third-order valence-corrected chi connectivity index (χ3v) is 4.68. The van der Waals surface area contributed by atoms with Gasteiger partial charge in [-0.1, -0.05) is 12.1 Å². The van der Waals surface area contributed by atoms with Gasteiger partial charge in [0, 0.05) is 0 Å². The SMILES string of the molecule is Cc1ccc(C)c(-n2ncc(NC(=O)C3CCCC3O)c2C)c1. The van der Waals surface area contributed by atoms with E-state index in [0.29, 0.717) is 12.1 Å². The second kappa shape index (κ2) is 6.16. The van der Waals surface area contributed by atoms with Crippen molar-refractivity contribution in [2.24, 2.45) is 5.92 Å². The molecule has 122 valence electrons. The van der Waals surface area contributed by atoms with E-state index in [1.165, 1.54) is 5.56 Å². The van der Waals surface area contributed by atoms with Gasteiger partial charge in [0.2, 0.25) is 5.91 Å². The molecule has 2 aromatic rings. The lowest BCUT2D eigenvalue weighted by Gasteiger charge is -2.14. The first-order valence-electron chi connectivity index (χ1n) is 8.08. The predicted molar refractivity (Wildman–Crippen MR) is 89.8 cm³/mol. The molecule has 1 aromatic heterocycles. The summed E-state index contributed by atoms with van der Waals surface area (Å²) < 4.78 is 1.85. The van der Waals surface area contributed by atoms with Crippen LogP contribution in [0.15, 0.2) is 24.4 Å². The van der Waals surface area contributed by atoms with Crippen LogP contribution in [-0.4, -0.2) is 26.9 Å². The van der Waals surface area contributed by atoms with Gasteiger partial charge in [-0.3, -0.25) is 4.79 Å². The van der Waals surface area contributed by atoms with Crippen LogP contribution in [0.4, 0.5) is 5.69 Å². The summed E-state index contributed by atoms with van der Waals surface area (Å²) in [7, 11) is 0. The number of amides is 1. The van der Waals surface area contributed by atoms with E-state index in [2.05, 4.69) is 28.6 Å². The monoisotopic (exact) mass is 313 g/mol. The maximum Gasteiger partial charge on any atom is 0.230 e. The summed E-state index contributed by atoms with van der Waals surface area (Å²) >= 11 is 0. The zero-order valence-electron chi connectivity index (χ0n) is 13.8. The number of rotatable bonds is 3. The van der Waals surface area contributed by atoms with Crippen LogP contribution >= 0.6 is 0 Å². The Kier molecular flexibility index (Phi) is 4.22. The largest absolute Gasteiger partial charge is 0.392 e. The fraction of sp³-hybridized carbons (Fsp3) is 0.444. The Hall–Kier alpha value is -2.14. The second-order valence-corrected chi connectivity index (χ2v) is 6.44. The molecule has 2 unspecified atom stereocenters. The van der Waals surface area contributed by atoms with E-state index in [0.717, 1.165) is 29.8 Å². The Bertz CT molecular complexity index is 736. The first-order valence-corrected chi connectivity index (χ1v) is 8.08. The summed E-state index contributed by atoms with van der Waals surface area (Å²) in [5, 5.41) is 17.2. The molecular formula is C18H23N3O2.